The first-order chi connectivity index (χ1) is 11.7. The molecule has 0 fully saturated rings. The molecule has 2 atom stereocenters. The fourth-order valence-corrected chi connectivity index (χ4v) is 2.63. The molecule has 2 N–H and O–H groups in total. The number of carbonyl (C=O) groups is 3. The number of aldehydes is 1. The second-order valence-electron chi connectivity index (χ2n) is 7.46. The molecule has 0 aromatic rings. The van der Waals surface area contributed by atoms with E-state index in [1.807, 2.05) is 20.8 Å². The molecule has 1 aliphatic rings. The Morgan fingerprint density at radius 2 is 1.72 bits per heavy atom. The van der Waals surface area contributed by atoms with E-state index >= 15 is 0 Å². The van der Waals surface area contributed by atoms with Crippen molar-refractivity contribution in [3.8, 4) is 0 Å². The first-order valence-corrected chi connectivity index (χ1v) is 9.29. The van der Waals surface area contributed by atoms with Crippen LogP contribution in [0.5, 0.6) is 0 Å². The summed E-state index contributed by atoms with van der Waals surface area (Å²) in [6.45, 7) is 10.1. The number of carbonyl (C=O) groups excluding carboxylic acids is 3. The summed E-state index contributed by atoms with van der Waals surface area (Å²) in [5, 5.41) is 19.8. The molecule has 5 heteroatoms. The third kappa shape index (κ3) is 7.95. The lowest BCUT2D eigenvalue weighted by Crippen LogP contribution is -2.25. The lowest BCUT2D eigenvalue weighted by molar-refractivity contribution is -0.126. The van der Waals surface area contributed by atoms with Crippen LogP contribution in [-0.2, 0) is 14.4 Å². The summed E-state index contributed by atoms with van der Waals surface area (Å²) in [5.41, 5.74) is -0.168. The highest BCUT2D eigenvalue weighted by atomic mass is 16.3. The zero-order chi connectivity index (χ0) is 19.6. The minimum absolute atomic E-state index is 0.168. The normalized spacial score (nSPS) is 20.1. The minimum Gasteiger partial charge on any atom is -0.511 e. The van der Waals surface area contributed by atoms with E-state index < -0.39 is 17.8 Å². The molecule has 5 nitrogen and oxygen atoms in total. The Hall–Kier alpha value is -1.49. The van der Waals surface area contributed by atoms with Gasteiger partial charge in [0.25, 0.3) is 0 Å². The Bertz CT molecular complexity index is 476. The molecule has 0 aromatic carbocycles. The summed E-state index contributed by atoms with van der Waals surface area (Å²) in [5.74, 6) is -0.672. The van der Waals surface area contributed by atoms with Gasteiger partial charge in [0.15, 0.2) is 11.6 Å². The lowest BCUT2D eigenvalue weighted by Gasteiger charge is -2.15. The minimum atomic E-state index is -1.25. The van der Waals surface area contributed by atoms with Crippen molar-refractivity contribution >= 4 is 17.9 Å². The fourth-order valence-electron chi connectivity index (χ4n) is 2.63. The van der Waals surface area contributed by atoms with Gasteiger partial charge >= 0.3 is 0 Å². The fraction of sp³-hybridized carbons (Fsp3) is 0.750. The summed E-state index contributed by atoms with van der Waals surface area (Å²) < 4.78 is 0. The van der Waals surface area contributed by atoms with Crippen LogP contribution in [0.15, 0.2) is 11.3 Å². The highest BCUT2D eigenvalue weighted by Crippen LogP contribution is 2.33. The summed E-state index contributed by atoms with van der Waals surface area (Å²) >= 11 is 0. The average molecular weight is 354 g/mol. The highest BCUT2D eigenvalue weighted by molar-refractivity contribution is 6.23. The van der Waals surface area contributed by atoms with Crippen LogP contribution in [-0.4, -0.2) is 34.2 Å². The Balaban J connectivity index is 0.000000697. The number of rotatable bonds is 9. The van der Waals surface area contributed by atoms with Crippen molar-refractivity contribution < 1.29 is 24.6 Å². The van der Waals surface area contributed by atoms with Gasteiger partial charge in [-0.2, -0.15) is 0 Å². The number of aliphatic hydroxyl groups excluding tert-OH is 2. The zero-order valence-corrected chi connectivity index (χ0v) is 16.2. The van der Waals surface area contributed by atoms with Crippen LogP contribution in [0.1, 0.15) is 73.1 Å². The molecule has 0 heterocycles. The molecule has 144 valence electrons. The van der Waals surface area contributed by atoms with E-state index in [1.165, 1.54) is 0 Å². The van der Waals surface area contributed by atoms with Gasteiger partial charge in [-0.05, 0) is 31.1 Å². The summed E-state index contributed by atoms with van der Waals surface area (Å²) in [6, 6.07) is 0. The Labute approximate surface area is 151 Å². The van der Waals surface area contributed by atoms with Gasteiger partial charge in [0.2, 0.25) is 0 Å². The van der Waals surface area contributed by atoms with Gasteiger partial charge in [-0.1, -0.05) is 41.0 Å². The Morgan fingerprint density at radius 1 is 1.16 bits per heavy atom. The van der Waals surface area contributed by atoms with Gasteiger partial charge in [0.05, 0.1) is 5.92 Å². The molecule has 1 unspecified atom stereocenters. The van der Waals surface area contributed by atoms with Crippen molar-refractivity contribution in [1.29, 1.82) is 0 Å². The van der Waals surface area contributed by atoms with E-state index in [9.17, 15) is 24.6 Å². The maximum absolute atomic E-state index is 11.8. The van der Waals surface area contributed by atoms with Crippen molar-refractivity contribution in [2.45, 2.75) is 79.2 Å². The summed E-state index contributed by atoms with van der Waals surface area (Å²) in [4.78, 5) is 33.3. The van der Waals surface area contributed by atoms with Crippen LogP contribution < -0.4 is 0 Å². The molecule has 1 aliphatic carbocycles. The molecule has 0 radical (unpaired) electrons. The molecule has 0 saturated heterocycles. The van der Waals surface area contributed by atoms with E-state index in [4.69, 9.17) is 0 Å². The van der Waals surface area contributed by atoms with Crippen molar-refractivity contribution in [2.24, 2.45) is 17.8 Å². The van der Waals surface area contributed by atoms with E-state index in [0.29, 0.717) is 24.7 Å². The third-order valence-electron chi connectivity index (χ3n) is 4.18. The number of hydrogen-bond donors (Lipinski definition) is 2. The summed E-state index contributed by atoms with van der Waals surface area (Å²) in [7, 11) is 0. The predicted molar refractivity (Wildman–Crippen MR) is 98.3 cm³/mol. The largest absolute Gasteiger partial charge is 0.511 e. The molecule has 0 bridgehead atoms. The van der Waals surface area contributed by atoms with Gasteiger partial charge in [-0.25, -0.2) is 0 Å². The van der Waals surface area contributed by atoms with Crippen LogP contribution in [0.4, 0.5) is 0 Å². The van der Waals surface area contributed by atoms with Crippen LogP contribution >= 0.6 is 0 Å². The van der Waals surface area contributed by atoms with E-state index in [2.05, 4.69) is 13.8 Å². The number of hydrogen-bond acceptors (Lipinski definition) is 5. The van der Waals surface area contributed by atoms with Crippen molar-refractivity contribution in [3.63, 3.8) is 0 Å². The Kier molecular flexibility index (Phi) is 11.2. The first-order valence-electron chi connectivity index (χ1n) is 9.29. The smallest absolute Gasteiger partial charge is 0.198 e. The molecule has 0 saturated carbocycles. The molecule has 0 amide bonds. The second-order valence-corrected chi connectivity index (χ2v) is 7.46. The van der Waals surface area contributed by atoms with Crippen molar-refractivity contribution in [1.82, 2.24) is 0 Å². The molecule has 0 spiro atoms. The standard InChI is InChI=1S/C14H22O4.C6H12O/c1-4-5-10(15)11-12(16)9(7-6-8(2)3)13(17)14(11)18;1-6(2)4-3-5-7/h8-9,13,16-17H,4-7H2,1-3H3;5-6H,3-4H2,1-2H3/t9-,13?;/m0./s1. The van der Waals surface area contributed by atoms with E-state index in [-0.39, 0.29) is 23.5 Å². The van der Waals surface area contributed by atoms with Crippen LogP contribution in [0.2, 0.25) is 0 Å². The van der Waals surface area contributed by atoms with Gasteiger partial charge in [-0.3, -0.25) is 9.59 Å². The predicted octanol–water partition coefficient (Wildman–Crippen LogP) is 3.79. The number of ketones is 2. The van der Waals surface area contributed by atoms with Crippen LogP contribution in [0.25, 0.3) is 0 Å². The van der Waals surface area contributed by atoms with Gasteiger partial charge in [0.1, 0.15) is 23.7 Å². The van der Waals surface area contributed by atoms with Crippen molar-refractivity contribution in [3.05, 3.63) is 11.3 Å². The molecular formula is C20H34O5. The third-order valence-corrected chi connectivity index (χ3v) is 4.18. The number of Topliss-reactive ketones (excluding diaryl/α,β-unsaturated/α-hetero) is 2. The molecule has 1 rings (SSSR count). The maximum Gasteiger partial charge on any atom is 0.198 e. The Morgan fingerprint density at radius 3 is 2.12 bits per heavy atom. The average Bonchev–Trinajstić information content (AvgIpc) is 2.74. The van der Waals surface area contributed by atoms with E-state index in [0.717, 1.165) is 25.5 Å². The van der Waals surface area contributed by atoms with Crippen molar-refractivity contribution in [2.75, 3.05) is 0 Å². The number of aliphatic hydroxyl groups is 2. The first kappa shape index (κ1) is 23.5. The topological polar surface area (TPSA) is 91.7 Å². The molecule has 0 aliphatic heterocycles. The van der Waals surface area contributed by atoms with E-state index in [1.54, 1.807) is 0 Å². The zero-order valence-electron chi connectivity index (χ0n) is 16.2. The van der Waals surface area contributed by atoms with Gasteiger partial charge in [-0.15, -0.1) is 0 Å². The van der Waals surface area contributed by atoms with Crippen LogP contribution in [0, 0.1) is 17.8 Å². The monoisotopic (exact) mass is 354 g/mol. The molecule has 25 heavy (non-hydrogen) atoms. The highest BCUT2D eigenvalue weighted by Gasteiger charge is 2.43. The van der Waals surface area contributed by atoms with Gasteiger partial charge < -0.3 is 15.0 Å². The molecular weight excluding hydrogens is 320 g/mol. The van der Waals surface area contributed by atoms with Crippen LogP contribution in [0.3, 0.4) is 0 Å². The SMILES string of the molecule is CC(C)CCC=O.CCCC(=O)C1=C(O)[C@H](CCC(C)C)C(O)C1=O. The maximum atomic E-state index is 11.8. The van der Waals surface area contributed by atoms with Gasteiger partial charge in [0, 0.05) is 12.8 Å². The summed E-state index contributed by atoms with van der Waals surface area (Å²) in [6.07, 6.45) is 3.65. The second kappa shape index (κ2) is 12.0. The lowest BCUT2D eigenvalue weighted by atomic mass is 9.94. The quantitative estimate of drug-likeness (QED) is 0.485. The molecule has 0 aromatic heterocycles.